The van der Waals surface area contributed by atoms with E-state index in [2.05, 4.69) is 54.1 Å². The van der Waals surface area contributed by atoms with E-state index in [-0.39, 0.29) is 5.91 Å². The Morgan fingerprint density at radius 2 is 1.78 bits per heavy atom. The van der Waals surface area contributed by atoms with Gasteiger partial charge >= 0.3 is 0 Å². The van der Waals surface area contributed by atoms with E-state index in [0.717, 1.165) is 5.56 Å². The number of para-hydroxylation sites is 1. The SMILES string of the molecule is Cn1c2ccccc2c2ccc(CC(=O)N3CCOCC3)cc21. The lowest BCUT2D eigenvalue weighted by Crippen LogP contribution is -2.41. The Morgan fingerprint density at radius 3 is 2.61 bits per heavy atom. The van der Waals surface area contributed by atoms with Gasteiger partial charge in [-0.2, -0.15) is 0 Å². The molecule has 1 aliphatic rings. The number of hydrogen-bond donors (Lipinski definition) is 0. The van der Waals surface area contributed by atoms with E-state index in [1.807, 2.05) is 4.90 Å². The van der Waals surface area contributed by atoms with Crippen LogP contribution in [0.5, 0.6) is 0 Å². The van der Waals surface area contributed by atoms with Gasteiger partial charge in [0.2, 0.25) is 5.91 Å². The van der Waals surface area contributed by atoms with Crippen molar-refractivity contribution >= 4 is 27.7 Å². The highest BCUT2D eigenvalue weighted by atomic mass is 16.5. The topological polar surface area (TPSA) is 34.5 Å². The summed E-state index contributed by atoms with van der Waals surface area (Å²) in [5.74, 6) is 0.186. The summed E-state index contributed by atoms with van der Waals surface area (Å²) in [6, 6.07) is 14.8. The van der Waals surface area contributed by atoms with E-state index in [9.17, 15) is 4.79 Å². The van der Waals surface area contributed by atoms with E-state index in [1.54, 1.807) is 0 Å². The first-order valence-electron chi connectivity index (χ1n) is 8.05. The average molecular weight is 308 g/mol. The minimum absolute atomic E-state index is 0.186. The van der Waals surface area contributed by atoms with E-state index < -0.39 is 0 Å². The van der Waals surface area contributed by atoms with Gasteiger partial charge in [-0.1, -0.05) is 30.3 Å². The van der Waals surface area contributed by atoms with Gasteiger partial charge in [-0.25, -0.2) is 0 Å². The number of morpholine rings is 1. The van der Waals surface area contributed by atoms with Crippen molar-refractivity contribution in [1.29, 1.82) is 0 Å². The molecule has 4 rings (SSSR count). The molecule has 1 saturated heterocycles. The number of nitrogens with zero attached hydrogens (tertiary/aromatic N) is 2. The minimum Gasteiger partial charge on any atom is -0.378 e. The maximum atomic E-state index is 12.4. The third-order valence-corrected chi connectivity index (χ3v) is 4.70. The number of carbonyl (C=O) groups is 1. The van der Waals surface area contributed by atoms with Crippen molar-refractivity contribution in [3.05, 3.63) is 48.0 Å². The molecule has 1 amide bonds. The molecule has 0 radical (unpaired) electrons. The molecule has 0 N–H and O–H groups in total. The largest absolute Gasteiger partial charge is 0.378 e. The van der Waals surface area contributed by atoms with Gasteiger partial charge < -0.3 is 14.2 Å². The van der Waals surface area contributed by atoms with Gasteiger partial charge in [0.25, 0.3) is 0 Å². The Bertz CT molecular complexity index is 876. The molecule has 4 heteroatoms. The van der Waals surface area contributed by atoms with Crippen LogP contribution in [-0.2, 0) is 23.0 Å². The summed E-state index contributed by atoms with van der Waals surface area (Å²) in [6.07, 6.45) is 0.456. The Balaban J connectivity index is 1.67. The number of benzene rings is 2. The van der Waals surface area contributed by atoms with E-state index in [0.29, 0.717) is 32.7 Å². The molecule has 4 nitrogen and oxygen atoms in total. The monoisotopic (exact) mass is 308 g/mol. The van der Waals surface area contributed by atoms with Gasteiger partial charge in [0.05, 0.1) is 19.6 Å². The number of hydrogen-bond acceptors (Lipinski definition) is 2. The predicted molar refractivity (Wildman–Crippen MR) is 91.5 cm³/mol. The van der Waals surface area contributed by atoms with Gasteiger partial charge in [-0.15, -0.1) is 0 Å². The quantitative estimate of drug-likeness (QED) is 0.729. The van der Waals surface area contributed by atoms with Crippen LogP contribution in [0.2, 0.25) is 0 Å². The van der Waals surface area contributed by atoms with Crippen LogP contribution in [0.1, 0.15) is 5.56 Å². The fraction of sp³-hybridized carbons (Fsp3) is 0.316. The Kier molecular flexibility index (Phi) is 3.54. The maximum Gasteiger partial charge on any atom is 0.227 e. The number of carbonyl (C=O) groups excluding carboxylic acids is 1. The zero-order valence-electron chi connectivity index (χ0n) is 13.3. The molecule has 0 bridgehead atoms. The van der Waals surface area contributed by atoms with Crippen molar-refractivity contribution in [1.82, 2.24) is 9.47 Å². The molecule has 0 atom stereocenters. The number of rotatable bonds is 2. The summed E-state index contributed by atoms with van der Waals surface area (Å²) in [7, 11) is 2.08. The molecule has 0 aliphatic carbocycles. The van der Waals surface area contributed by atoms with Crippen molar-refractivity contribution in [3.63, 3.8) is 0 Å². The van der Waals surface area contributed by atoms with Gasteiger partial charge in [0, 0.05) is 41.9 Å². The third kappa shape index (κ3) is 2.49. The zero-order valence-corrected chi connectivity index (χ0v) is 13.3. The first-order valence-corrected chi connectivity index (χ1v) is 8.05. The fourth-order valence-corrected chi connectivity index (χ4v) is 3.42. The van der Waals surface area contributed by atoms with Crippen LogP contribution in [0, 0.1) is 0 Å². The number of ether oxygens (including phenoxy) is 1. The Labute approximate surface area is 135 Å². The normalized spacial score (nSPS) is 15.4. The number of aromatic nitrogens is 1. The highest BCUT2D eigenvalue weighted by Crippen LogP contribution is 2.28. The van der Waals surface area contributed by atoms with Crippen LogP contribution >= 0.6 is 0 Å². The fourth-order valence-electron chi connectivity index (χ4n) is 3.42. The van der Waals surface area contributed by atoms with Crippen LogP contribution in [-0.4, -0.2) is 41.7 Å². The summed E-state index contributed by atoms with van der Waals surface area (Å²) in [5, 5.41) is 2.50. The molecule has 1 aromatic heterocycles. The summed E-state index contributed by atoms with van der Waals surface area (Å²) in [4.78, 5) is 14.3. The molecule has 3 aromatic rings. The molecule has 23 heavy (non-hydrogen) atoms. The smallest absolute Gasteiger partial charge is 0.227 e. The van der Waals surface area contributed by atoms with Gasteiger partial charge in [-0.05, 0) is 17.7 Å². The molecule has 118 valence electrons. The second-order valence-electron chi connectivity index (χ2n) is 6.10. The lowest BCUT2D eigenvalue weighted by molar-refractivity contribution is -0.134. The molecular formula is C19H20N2O2. The highest BCUT2D eigenvalue weighted by molar-refractivity contribution is 6.08. The zero-order chi connectivity index (χ0) is 15.8. The molecule has 2 aromatic carbocycles. The van der Waals surface area contributed by atoms with Gasteiger partial charge in [0.1, 0.15) is 0 Å². The predicted octanol–water partition coefficient (Wildman–Crippen LogP) is 2.73. The second-order valence-corrected chi connectivity index (χ2v) is 6.10. The lowest BCUT2D eigenvalue weighted by Gasteiger charge is -2.26. The minimum atomic E-state index is 0.186. The summed E-state index contributed by atoms with van der Waals surface area (Å²) < 4.78 is 7.51. The molecule has 2 heterocycles. The molecule has 1 aliphatic heterocycles. The van der Waals surface area contributed by atoms with E-state index >= 15 is 0 Å². The molecule has 1 fully saturated rings. The van der Waals surface area contributed by atoms with Crippen molar-refractivity contribution < 1.29 is 9.53 Å². The number of fused-ring (bicyclic) bond motifs is 3. The Morgan fingerprint density at radius 1 is 1.04 bits per heavy atom. The van der Waals surface area contributed by atoms with Crippen molar-refractivity contribution in [3.8, 4) is 0 Å². The summed E-state index contributed by atoms with van der Waals surface area (Å²) in [5.41, 5.74) is 3.47. The Hall–Kier alpha value is -2.33. The van der Waals surface area contributed by atoms with Gasteiger partial charge in [0.15, 0.2) is 0 Å². The summed E-state index contributed by atoms with van der Waals surface area (Å²) >= 11 is 0. The third-order valence-electron chi connectivity index (χ3n) is 4.70. The van der Waals surface area contributed by atoms with Crippen molar-refractivity contribution in [2.24, 2.45) is 7.05 Å². The second kappa shape index (κ2) is 5.70. The average Bonchev–Trinajstić information content (AvgIpc) is 2.89. The van der Waals surface area contributed by atoms with Crippen LogP contribution in [0.15, 0.2) is 42.5 Å². The standard InChI is InChI=1S/C19H20N2O2/c1-20-17-5-3-2-4-15(17)16-7-6-14(12-18(16)20)13-19(22)21-8-10-23-11-9-21/h2-7,12H,8-11,13H2,1H3. The molecule has 0 saturated carbocycles. The molecular weight excluding hydrogens is 288 g/mol. The van der Waals surface area contributed by atoms with Crippen molar-refractivity contribution in [2.75, 3.05) is 26.3 Å². The van der Waals surface area contributed by atoms with Crippen LogP contribution in [0.4, 0.5) is 0 Å². The number of amides is 1. The first kappa shape index (κ1) is 14.3. The number of aryl methyl sites for hydroxylation is 1. The molecule has 0 spiro atoms. The van der Waals surface area contributed by atoms with E-state index in [4.69, 9.17) is 4.74 Å². The van der Waals surface area contributed by atoms with Crippen LogP contribution in [0.3, 0.4) is 0 Å². The van der Waals surface area contributed by atoms with Crippen LogP contribution in [0.25, 0.3) is 21.8 Å². The summed E-state index contributed by atoms with van der Waals surface area (Å²) in [6.45, 7) is 2.70. The van der Waals surface area contributed by atoms with E-state index in [1.165, 1.54) is 21.8 Å². The van der Waals surface area contributed by atoms with Gasteiger partial charge in [-0.3, -0.25) is 4.79 Å². The lowest BCUT2D eigenvalue weighted by atomic mass is 10.1. The first-order chi connectivity index (χ1) is 11.2. The van der Waals surface area contributed by atoms with Crippen LogP contribution < -0.4 is 0 Å². The maximum absolute atomic E-state index is 12.4. The molecule has 0 unspecified atom stereocenters. The van der Waals surface area contributed by atoms with Crippen molar-refractivity contribution in [2.45, 2.75) is 6.42 Å². The highest BCUT2D eigenvalue weighted by Gasteiger charge is 2.17.